The number of esters is 1. The number of hydrogen-bond donors (Lipinski definition) is 1. The Hall–Kier alpha value is -3.44. The van der Waals surface area contributed by atoms with E-state index >= 15 is 0 Å². The second-order valence-corrected chi connectivity index (χ2v) is 10.5. The number of benzene rings is 1. The lowest BCUT2D eigenvalue weighted by Crippen LogP contribution is -2.16. The van der Waals surface area contributed by atoms with Gasteiger partial charge in [0.2, 0.25) is 5.91 Å². The summed E-state index contributed by atoms with van der Waals surface area (Å²) in [6, 6.07) is 8.05. The monoisotopic (exact) mass is 524 g/mol. The molecule has 0 saturated carbocycles. The van der Waals surface area contributed by atoms with Gasteiger partial charge in [0, 0.05) is 23.8 Å². The standard InChI is InChI=1S/C25H28N6O3S2/c1-7-34-24(33)21-15(3)17(5)36-23(21)26-20(32)13-35-25-28-27-22(19-12-30(6)29-16(19)4)31(25)18-10-8-14(2)9-11-18/h8-12H,7,13H2,1-6H3,(H,26,32). The summed E-state index contributed by atoms with van der Waals surface area (Å²) >= 11 is 2.64. The van der Waals surface area contributed by atoms with Crippen LogP contribution in [0.4, 0.5) is 5.00 Å². The van der Waals surface area contributed by atoms with E-state index in [1.54, 1.807) is 11.6 Å². The molecule has 3 aromatic heterocycles. The maximum absolute atomic E-state index is 12.9. The van der Waals surface area contributed by atoms with E-state index in [1.165, 1.54) is 23.1 Å². The fourth-order valence-electron chi connectivity index (χ4n) is 3.74. The fraction of sp³-hybridized carbons (Fsp3) is 0.320. The number of anilines is 1. The van der Waals surface area contributed by atoms with Crippen LogP contribution in [0.15, 0.2) is 35.6 Å². The van der Waals surface area contributed by atoms with Gasteiger partial charge in [-0.25, -0.2) is 4.79 Å². The van der Waals surface area contributed by atoms with Crippen molar-refractivity contribution in [3.05, 3.63) is 57.7 Å². The molecule has 0 aliphatic heterocycles. The minimum atomic E-state index is -0.433. The van der Waals surface area contributed by atoms with Crippen molar-refractivity contribution in [1.29, 1.82) is 0 Å². The van der Waals surface area contributed by atoms with Crippen LogP contribution in [0.3, 0.4) is 0 Å². The smallest absolute Gasteiger partial charge is 0.341 e. The van der Waals surface area contributed by atoms with E-state index in [0.717, 1.165) is 32.9 Å². The van der Waals surface area contributed by atoms with Gasteiger partial charge in [0.25, 0.3) is 0 Å². The van der Waals surface area contributed by atoms with Crippen LogP contribution in [-0.2, 0) is 16.6 Å². The second-order valence-electron chi connectivity index (χ2n) is 8.32. The van der Waals surface area contributed by atoms with E-state index < -0.39 is 5.97 Å². The number of carbonyl (C=O) groups excluding carboxylic acids is 2. The van der Waals surface area contributed by atoms with Gasteiger partial charge < -0.3 is 10.1 Å². The normalized spacial score (nSPS) is 11.1. The summed E-state index contributed by atoms with van der Waals surface area (Å²) in [4.78, 5) is 26.3. The summed E-state index contributed by atoms with van der Waals surface area (Å²) in [5, 5.41) is 17.2. The molecule has 0 atom stereocenters. The van der Waals surface area contributed by atoms with Crippen molar-refractivity contribution >= 4 is 40.0 Å². The average molecular weight is 525 g/mol. The molecule has 0 radical (unpaired) electrons. The predicted molar refractivity (Wildman–Crippen MR) is 142 cm³/mol. The molecule has 1 amide bonds. The Bertz CT molecular complexity index is 1420. The molecule has 4 aromatic rings. The van der Waals surface area contributed by atoms with Crippen LogP contribution in [-0.4, -0.2) is 48.8 Å². The first kappa shape index (κ1) is 25.6. The Morgan fingerprint density at radius 3 is 2.47 bits per heavy atom. The summed E-state index contributed by atoms with van der Waals surface area (Å²) in [6.07, 6.45) is 1.91. The van der Waals surface area contributed by atoms with Crippen LogP contribution in [0.5, 0.6) is 0 Å². The molecule has 0 aliphatic rings. The topological polar surface area (TPSA) is 104 Å². The Kier molecular flexibility index (Phi) is 7.60. The summed E-state index contributed by atoms with van der Waals surface area (Å²) in [7, 11) is 1.86. The van der Waals surface area contributed by atoms with Crippen molar-refractivity contribution in [3.63, 3.8) is 0 Å². The third-order valence-electron chi connectivity index (χ3n) is 5.63. The van der Waals surface area contributed by atoms with E-state index in [0.29, 0.717) is 21.5 Å². The number of ether oxygens (including phenoxy) is 1. The minimum absolute atomic E-state index is 0.0915. The number of carbonyl (C=O) groups is 2. The van der Waals surface area contributed by atoms with Gasteiger partial charge in [-0.2, -0.15) is 5.10 Å². The molecule has 36 heavy (non-hydrogen) atoms. The SMILES string of the molecule is CCOC(=O)c1c(NC(=O)CSc2nnc(-c3cn(C)nc3C)n2-c2ccc(C)cc2)sc(C)c1C. The van der Waals surface area contributed by atoms with E-state index in [4.69, 9.17) is 4.74 Å². The van der Waals surface area contributed by atoms with Gasteiger partial charge in [-0.05, 0) is 52.3 Å². The molecule has 9 nitrogen and oxygen atoms in total. The lowest BCUT2D eigenvalue weighted by Gasteiger charge is -2.11. The Morgan fingerprint density at radius 2 is 1.83 bits per heavy atom. The molecule has 0 aliphatic carbocycles. The molecule has 1 aromatic carbocycles. The molecule has 188 valence electrons. The van der Waals surface area contributed by atoms with E-state index in [9.17, 15) is 9.59 Å². The Balaban J connectivity index is 1.60. The highest BCUT2D eigenvalue weighted by Gasteiger charge is 2.23. The van der Waals surface area contributed by atoms with E-state index in [-0.39, 0.29) is 18.3 Å². The van der Waals surface area contributed by atoms with Gasteiger partial charge in [-0.1, -0.05) is 29.5 Å². The number of amides is 1. The van der Waals surface area contributed by atoms with Gasteiger partial charge in [-0.3, -0.25) is 14.0 Å². The minimum Gasteiger partial charge on any atom is -0.462 e. The number of hydrogen-bond acceptors (Lipinski definition) is 8. The molecule has 3 heterocycles. The van der Waals surface area contributed by atoms with E-state index in [2.05, 4.69) is 20.6 Å². The average Bonchev–Trinajstić information content (AvgIpc) is 3.47. The maximum Gasteiger partial charge on any atom is 0.341 e. The number of aryl methyl sites for hydroxylation is 4. The van der Waals surface area contributed by atoms with Crippen molar-refractivity contribution in [2.45, 2.75) is 39.8 Å². The number of thioether (sulfide) groups is 1. The molecule has 0 spiro atoms. The molecule has 0 bridgehead atoms. The molecule has 1 N–H and O–H groups in total. The molecule has 0 unspecified atom stereocenters. The van der Waals surface area contributed by atoms with Crippen molar-refractivity contribution in [2.75, 3.05) is 17.7 Å². The van der Waals surface area contributed by atoms with Gasteiger partial charge in [0.05, 0.1) is 29.2 Å². The molecule has 0 saturated heterocycles. The van der Waals surface area contributed by atoms with Gasteiger partial charge in [0.15, 0.2) is 11.0 Å². The molecule has 11 heteroatoms. The molecular weight excluding hydrogens is 496 g/mol. The first-order chi connectivity index (χ1) is 17.2. The zero-order valence-corrected chi connectivity index (χ0v) is 22.7. The van der Waals surface area contributed by atoms with Crippen molar-refractivity contribution < 1.29 is 14.3 Å². The van der Waals surface area contributed by atoms with Crippen LogP contribution < -0.4 is 5.32 Å². The summed E-state index contributed by atoms with van der Waals surface area (Å²) < 4.78 is 8.86. The van der Waals surface area contributed by atoms with Gasteiger partial charge in [0.1, 0.15) is 5.00 Å². The third-order valence-corrected chi connectivity index (χ3v) is 7.68. The lowest BCUT2D eigenvalue weighted by atomic mass is 10.1. The Morgan fingerprint density at radius 1 is 1.11 bits per heavy atom. The quantitative estimate of drug-likeness (QED) is 0.259. The lowest BCUT2D eigenvalue weighted by molar-refractivity contribution is -0.113. The first-order valence-electron chi connectivity index (χ1n) is 11.4. The zero-order chi connectivity index (χ0) is 26.0. The Labute approximate surface area is 217 Å². The molecular formula is C25H28N6O3S2. The number of nitrogens with zero attached hydrogens (tertiary/aromatic N) is 5. The highest BCUT2D eigenvalue weighted by Crippen LogP contribution is 2.34. The number of aromatic nitrogens is 5. The highest BCUT2D eigenvalue weighted by atomic mass is 32.2. The van der Waals surface area contributed by atoms with Crippen LogP contribution in [0.1, 0.15) is 39.0 Å². The van der Waals surface area contributed by atoms with Crippen LogP contribution in [0.2, 0.25) is 0 Å². The third kappa shape index (κ3) is 5.21. The largest absolute Gasteiger partial charge is 0.462 e. The van der Waals surface area contributed by atoms with Crippen molar-refractivity contribution in [1.82, 2.24) is 24.5 Å². The predicted octanol–water partition coefficient (Wildman–Crippen LogP) is 4.87. The highest BCUT2D eigenvalue weighted by molar-refractivity contribution is 7.99. The summed E-state index contributed by atoms with van der Waals surface area (Å²) in [5.41, 5.74) is 4.96. The van der Waals surface area contributed by atoms with Crippen LogP contribution >= 0.6 is 23.1 Å². The number of thiophene rings is 1. The van der Waals surface area contributed by atoms with Gasteiger partial charge in [-0.15, -0.1) is 21.5 Å². The summed E-state index contributed by atoms with van der Waals surface area (Å²) in [6.45, 7) is 9.75. The molecule has 0 fully saturated rings. The van der Waals surface area contributed by atoms with Crippen molar-refractivity contribution in [3.8, 4) is 17.1 Å². The van der Waals surface area contributed by atoms with Gasteiger partial charge >= 0.3 is 5.97 Å². The maximum atomic E-state index is 12.9. The number of nitrogens with one attached hydrogen (secondary N) is 1. The molecule has 4 rings (SSSR count). The van der Waals surface area contributed by atoms with Crippen LogP contribution in [0.25, 0.3) is 17.1 Å². The zero-order valence-electron chi connectivity index (χ0n) is 21.1. The first-order valence-corrected chi connectivity index (χ1v) is 13.2. The van der Waals surface area contributed by atoms with Crippen molar-refractivity contribution in [2.24, 2.45) is 7.05 Å². The number of rotatable bonds is 8. The second kappa shape index (κ2) is 10.7. The summed E-state index contributed by atoms with van der Waals surface area (Å²) in [5.74, 6) is 0.0672. The van der Waals surface area contributed by atoms with Crippen LogP contribution in [0, 0.1) is 27.7 Å². The van der Waals surface area contributed by atoms with E-state index in [1.807, 2.05) is 69.8 Å². The fourth-order valence-corrected chi connectivity index (χ4v) is 5.56.